The second-order valence-corrected chi connectivity index (χ2v) is 5.28. The summed E-state index contributed by atoms with van der Waals surface area (Å²) in [5.41, 5.74) is 4.83. The van der Waals surface area contributed by atoms with Gasteiger partial charge in [-0.25, -0.2) is 0 Å². The Bertz CT molecular complexity index is 346. The number of ether oxygens (including phenoxy) is 1. The second kappa shape index (κ2) is 5.14. The van der Waals surface area contributed by atoms with Gasteiger partial charge in [0.15, 0.2) is 5.84 Å². The summed E-state index contributed by atoms with van der Waals surface area (Å²) in [5.74, 6) is 0.363. The van der Waals surface area contributed by atoms with E-state index >= 15 is 0 Å². The molecule has 2 fully saturated rings. The average molecular weight is 255 g/mol. The molecule has 0 aromatic rings. The highest BCUT2D eigenvalue weighted by atomic mass is 16.5. The van der Waals surface area contributed by atoms with E-state index in [0.29, 0.717) is 18.8 Å². The molecule has 1 heterocycles. The lowest BCUT2D eigenvalue weighted by atomic mass is 9.92. The molecule has 0 spiro atoms. The molecule has 1 aliphatic carbocycles. The summed E-state index contributed by atoms with van der Waals surface area (Å²) in [6.45, 7) is 3.53. The van der Waals surface area contributed by atoms with E-state index in [-0.39, 0.29) is 17.8 Å². The molecule has 1 amide bonds. The highest BCUT2D eigenvalue weighted by Gasteiger charge is 2.54. The zero-order valence-corrected chi connectivity index (χ0v) is 10.7. The molecule has 0 aromatic heterocycles. The Balaban J connectivity index is 1.91. The molecule has 0 radical (unpaired) electrons. The number of nitrogens with zero attached hydrogens (tertiary/aromatic N) is 1. The number of hydrogen-bond donors (Lipinski definition) is 3. The quantitative estimate of drug-likeness (QED) is 0.294. The van der Waals surface area contributed by atoms with Gasteiger partial charge in [0, 0.05) is 19.3 Å². The summed E-state index contributed by atoms with van der Waals surface area (Å²) in [4.78, 5) is 12.2. The van der Waals surface area contributed by atoms with E-state index in [9.17, 15) is 4.79 Å². The number of nitrogens with two attached hydrogens (primary N) is 1. The lowest BCUT2D eigenvalue weighted by molar-refractivity contribution is -0.125. The van der Waals surface area contributed by atoms with Crippen molar-refractivity contribution in [2.75, 3.05) is 13.2 Å². The number of carbonyl (C=O) groups is 1. The number of amidine groups is 1. The lowest BCUT2D eigenvalue weighted by Gasteiger charge is -2.29. The molecule has 1 saturated heterocycles. The Hall–Kier alpha value is -1.30. The van der Waals surface area contributed by atoms with Gasteiger partial charge in [0.2, 0.25) is 5.91 Å². The van der Waals surface area contributed by atoms with E-state index in [1.807, 2.05) is 6.92 Å². The molecule has 18 heavy (non-hydrogen) atoms. The molecule has 2 rings (SSSR count). The molecular formula is C12H21N3O3. The second-order valence-electron chi connectivity index (χ2n) is 5.28. The molecule has 0 bridgehead atoms. The standard InChI is InChI=1S/C12H21N3O3/c1-8(9-2-6-18-7-3-9)14-11(16)12(4-5-12)10(13)15-17/h8-9,17H,2-7H2,1H3,(H2,13,15)(H,14,16). The third-order valence-electron chi connectivity index (χ3n) is 4.11. The van der Waals surface area contributed by atoms with Crippen molar-refractivity contribution in [3.8, 4) is 0 Å². The molecule has 1 atom stereocenters. The highest BCUT2D eigenvalue weighted by Crippen LogP contribution is 2.46. The van der Waals surface area contributed by atoms with Crippen LogP contribution in [0.15, 0.2) is 5.16 Å². The van der Waals surface area contributed by atoms with Crippen LogP contribution >= 0.6 is 0 Å². The highest BCUT2D eigenvalue weighted by molar-refractivity contribution is 6.09. The average Bonchev–Trinajstić information content (AvgIpc) is 3.20. The number of amides is 1. The van der Waals surface area contributed by atoms with Gasteiger partial charge in [-0.1, -0.05) is 5.16 Å². The van der Waals surface area contributed by atoms with Crippen LogP contribution in [0, 0.1) is 11.3 Å². The maximum absolute atomic E-state index is 12.2. The van der Waals surface area contributed by atoms with Crippen LogP contribution in [0.2, 0.25) is 0 Å². The van der Waals surface area contributed by atoms with Gasteiger partial charge < -0.3 is 21.0 Å². The van der Waals surface area contributed by atoms with Crippen molar-refractivity contribution in [2.24, 2.45) is 22.2 Å². The Morgan fingerprint density at radius 2 is 2.11 bits per heavy atom. The first-order valence-electron chi connectivity index (χ1n) is 6.47. The summed E-state index contributed by atoms with van der Waals surface area (Å²) in [6.07, 6.45) is 3.26. The minimum atomic E-state index is -0.756. The fourth-order valence-electron chi connectivity index (χ4n) is 2.50. The molecule has 0 aromatic carbocycles. The monoisotopic (exact) mass is 255 g/mol. The van der Waals surface area contributed by atoms with E-state index in [2.05, 4.69) is 10.5 Å². The van der Waals surface area contributed by atoms with E-state index in [1.54, 1.807) is 0 Å². The first-order valence-corrected chi connectivity index (χ1v) is 6.47. The zero-order chi connectivity index (χ0) is 13.2. The number of rotatable bonds is 4. The van der Waals surface area contributed by atoms with Crippen LogP contribution in [0.25, 0.3) is 0 Å². The Morgan fingerprint density at radius 1 is 1.50 bits per heavy atom. The van der Waals surface area contributed by atoms with E-state index in [4.69, 9.17) is 15.7 Å². The first-order chi connectivity index (χ1) is 8.60. The molecule has 4 N–H and O–H groups in total. The first kappa shape index (κ1) is 13.1. The number of hydrogen-bond acceptors (Lipinski definition) is 4. The maximum atomic E-state index is 12.2. The van der Waals surface area contributed by atoms with Crippen LogP contribution in [0.3, 0.4) is 0 Å². The number of oxime groups is 1. The van der Waals surface area contributed by atoms with Crippen molar-refractivity contribution < 1.29 is 14.7 Å². The van der Waals surface area contributed by atoms with Crippen LogP contribution < -0.4 is 11.1 Å². The van der Waals surface area contributed by atoms with Crippen molar-refractivity contribution in [3.63, 3.8) is 0 Å². The molecule has 1 aliphatic heterocycles. The third-order valence-corrected chi connectivity index (χ3v) is 4.11. The van der Waals surface area contributed by atoms with Crippen LogP contribution in [-0.2, 0) is 9.53 Å². The van der Waals surface area contributed by atoms with Crippen molar-refractivity contribution >= 4 is 11.7 Å². The van der Waals surface area contributed by atoms with Crippen molar-refractivity contribution in [2.45, 2.75) is 38.6 Å². The predicted molar refractivity (Wildman–Crippen MR) is 66.2 cm³/mol. The van der Waals surface area contributed by atoms with Gasteiger partial charge in [-0.05, 0) is 38.5 Å². The zero-order valence-electron chi connectivity index (χ0n) is 10.7. The van der Waals surface area contributed by atoms with Gasteiger partial charge >= 0.3 is 0 Å². The van der Waals surface area contributed by atoms with E-state index < -0.39 is 5.41 Å². The summed E-state index contributed by atoms with van der Waals surface area (Å²) < 4.78 is 5.31. The fourth-order valence-corrected chi connectivity index (χ4v) is 2.50. The molecule has 1 saturated carbocycles. The van der Waals surface area contributed by atoms with Gasteiger partial charge in [0.1, 0.15) is 5.41 Å². The number of nitrogens with one attached hydrogen (secondary N) is 1. The van der Waals surface area contributed by atoms with Crippen LogP contribution in [-0.4, -0.2) is 36.2 Å². The SMILES string of the molecule is CC(NC(=O)C1(C(N)=NO)CC1)C1CCOCC1. The van der Waals surface area contributed by atoms with E-state index in [1.165, 1.54) is 0 Å². The minimum absolute atomic E-state index is 0.0270. The predicted octanol–water partition coefficient (Wildman–Crippen LogP) is 0.444. The molecule has 1 unspecified atom stereocenters. The smallest absolute Gasteiger partial charge is 0.234 e. The Labute approximate surface area is 107 Å². The van der Waals surface area contributed by atoms with E-state index in [0.717, 1.165) is 26.1 Å². The van der Waals surface area contributed by atoms with Crippen LogP contribution in [0.5, 0.6) is 0 Å². The summed E-state index contributed by atoms with van der Waals surface area (Å²) in [5, 5.41) is 14.7. The maximum Gasteiger partial charge on any atom is 0.234 e. The van der Waals surface area contributed by atoms with Crippen LogP contribution in [0.4, 0.5) is 0 Å². The van der Waals surface area contributed by atoms with Crippen molar-refractivity contribution in [3.05, 3.63) is 0 Å². The van der Waals surface area contributed by atoms with Gasteiger partial charge in [-0.15, -0.1) is 0 Å². The molecular weight excluding hydrogens is 234 g/mol. The van der Waals surface area contributed by atoms with Crippen molar-refractivity contribution in [1.29, 1.82) is 0 Å². The number of carbonyl (C=O) groups excluding carboxylic acids is 1. The van der Waals surface area contributed by atoms with Gasteiger partial charge in [-0.2, -0.15) is 0 Å². The third kappa shape index (κ3) is 2.43. The van der Waals surface area contributed by atoms with Crippen molar-refractivity contribution in [1.82, 2.24) is 5.32 Å². The molecule has 6 heteroatoms. The topological polar surface area (TPSA) is 96.9 Å². The fraction of sp³-hybridized carbons (Fsp3) is 0.833. The molecule has 102 valence electrons. The minimum Gasteiger partial charge on any atom is -0.409 e. The summed E-state index contributed by atoms with van der Waals surface area (Å²) in [7, 11) is 0. The van der Waals surface area contributed by atoms with Gasteiger partial charge in [0.05, 0.1) is 0 Å². The normalized spacial score (nSPS) is 25.5. The lowest BCUT2D eigenvalue weighted by Crippen LogP contribution is -2.47. The largest absolute Gasteiger partial charge is 0.409 e. The molecule has 6 nitrogen and oxygen atoms in total. The van der Waals surface area contributed by atoms with Gasteiger partial charge in [-0.3, -0.25) is 4.79 Å². The molecule has 2 aliphatic rings. The van der Waals surface area contributed by atoms with Gasteiger partial charge in [0.25, 0.3) is 0 Å². The summed E-state index contributed by atoms with van der Waals surface area (Å²) >= 11 is 0. The Morgan fingerprint density at radius 3 is 2.61 bits per heavy atom. The van der Waals surface area contributed by atoms with Crippen LogP contribution in [0.1, 0.15) is 32.6 Å². The Kier molecular flexibility index (Phi) is 3.75. The summed E-state index contributed by atoms with van der Waals surface area (Å²) in [6, 6.07) is 0.102.